The zero-order chi connectivity index (χ0) is 14.5. The van der Waals surface area contributed by atoms with Crippen LogP contribution < -0.4 is 56.7 Å². The van der Waals surface area contributed by atoms with E-state index in [2.05, 4.69) is 12.1 Å². The van der Waals surface area contributed by atoms with Crippen LogP contribution in [-0.2, 0) is 0 Å². The molecule has 0 N–H and O–H groups in total. The van der Waals surface area contributed by atoms with Gasteiger partial charge in [0.15, 0.2) is 0 Å². The number of methoxy groups -OCH3 is 4. The molecule has 4 nitrogen and oxygen atoms in total. The van der Waals surface area contributed by atoms with Gasteiger partial charge in [-0.25, -0.2) is 11.1 Å². The van der Waals surface area contributed by atoms with Crippen molar-refractivity contribution in [2.24, 2.45) is 0 Å². The van der Waals surface area contributed by atoms with Crippen LogP contribution >= 0.6 is 0 Å². The molecule has 0 amide bonds. The summed E-state index contributed by atoms with van der Waals surface area (Å²) in [6, 6.07) is 13.4. The summed E-state index contributed by atoms with van der Waals surface area (Å²) < 4.78 is 21.0. The van der Waals surface area contributed by atoms with Gasteiger partial charge in [-0.05, 0) is 0 Å². The van der Waals surface area contributed by atoms with E-state index in [4.69, 9.17) is 18.9 Å². The van der Waals surface area contributed by atoms with E-state index >= 15 is 0 Å². The Morgan fingerprint density at radius 1 is 0.591 bits per heavy atom. The van der Waals surface area contributed by atoms with Gasteiger partial charge in [0.25, 0.3) is 0 Å². The maximum absolute atomic E-state index is 5.29. The Labute approximate surface area is 155 Å². The van der Waals surface area contributed by atoms with Gasteiger partial charge in [0.05, 0.1) is 51.4 Å². The number of hydrogen-bond donors (Lipinski definition) is 0. The van der Waals surface area contributed by atoms with E-state index < -0.39 is 0 Å². The molecule has 0 aliphatic heterocycles. The number of ether oxygens (including phenoxy) is 4. The fraction of sp³-hybridized carbons (Fsp3) is 0.250. The first kappa shape index (κ1) is 20.8. The molecule has 2 rings (SSSR count). The summed E-state index contributed by atoms with van der Waals surface area (Å²) in [7, 11) is 6.38. The van der Waals surface area contributed by atoms with Crippen LogP contribution in [0.15, 0.2) is 24.3 Å². The predicted molar refractivity (Wildman–Crippen MR) is 75.8 cm³/mol. The standard InChI is InChI=1S/C16H16O4.2Li/c1-17-13-7-5-11(9-15(13)19-3)12-6-8-14(18-2)16(10-12)20-4;;/h7-10H,1-4H3;;/q-2;2*+1. The average Bonchev–Trinajstić information content (AvgIpc) is 2.53. The first-order chi connectivity index (χ1) is 9.73. The normalized spacial score (nSPS) is 9.09. The van der Waals surface area contributed by atoms with Gasteiger partial charge in [0.1, 0.15) is 0 Å². The molecule has 6 heteroatoms. The van der Waals surface area contributed by atoms with Crippen LogP contribution in [0.2, 0.25) is 0 Å². The summed E-state index contributed by atoms with van der Waals surface area (Å²) in [6.45, 7) is 0. The Kier molecular flexibility index (Phi) is 9.25. The van der Waals surface area contributed by atoms with Gasteiger partial charge in [-0.1, -0.05) is 0 Å². The number of benzene rings is 2. The maximum atomic E-state index is 5.29. The van der Waals surface area contributed by atoms with Crippen LogP contribution in [0, 0.1) is 12.1 Å². The van der Waals surface area contributed by atoms with Crippen molar-refractivity contribution < 1.29 is 56.7 Å². The van der Waals surface area contributed by atoms with Crippen molar-refractivity contribution in [3.63, 3.8) is 0 Å². The molecule has 0 heterocycles. The SMILES string of the molecule is COc1c[c-]c(-c2[c-]cc(OC)c(OC)c2)cc1OC.[Li+].[Li+]. The molecule has 0 saturated heterocycles. The van der Waals surface area contributed by atoms with Crippen LogP contribution in [0.5, 0.6) is 23.0 Å². The molecular formula is C16H16Li2O4. The van der Waals surface area contributed by atoms with E-state index in [1.54, 1.807) is 40.6 Å². The summed E-state index contributed by atoms with van der Waals surface area (Å²) in [6.07, 6.45) is 0. The molecule has 0 unspecified atom stereocenters. The predicted octanol–water partition coefficient (Wildman–Crippen LogP) is -3.00. The third kappa shape index (κ3) is 4.42. The third-order valence-corrected chi connectivity index (χ3v) is 2.92. The molecular weight excluding hydrogens is 270 g/mol. The molecule has 0 fully saturated rings. The van der Waals surface area contributed by atoms with E-state index in [1.165, 1.54) is 0 Å². The van der Waals surface area contributed by atoms with Crippen LogP contribution in [0.3, 0.4) is 0 Å². The van der Waals surface area contributed by atoms with Crippen LogP contribution in [0.1, 0.15) is 0 Å². The molecule has 0 aromatic heterocycles. The molecule has 0 aliphatic rings. The Hall–Kier alpha value is -1.17. The van der Waals surface area contributed by atoms with Gasteiger partial charge >= 0.3 is 37.7 Å². The van der Waals surface area contributed by atoms with Crippen molar-refractivity contribution >= 4 is 0 Å². The maximum Gasteiger partial charge on any atom is 1.00 e. The van der Waals surface area contributed by atoms with Crippen molar-refractivity contribution in [2.45, 2.75) is 0 Å². The Balaban J connectivity index is 0.00000220. The molecule has 0 bridgehead atoms. The zero-order valence-corrected chi connectivity index (χ0v) is 13.9. The fourth-order valence-electron chi connectivity index (χ4n) is 1.87. The van der Waals surface area contributed by atoms with Crippen molar-refractivity contribution in [3.05, 3.63) is 36.4 Å². The average molecular weight is 286 g/mol. The largest absolute Gasteiger partial charge is 1.00 e. The van der Waals surface area contributed by atoms with E-state index in [9.17, 15) is 0 Å². The number of rotatable bonds is 5. The van der Waals surface area contributed by atoms with Crippen LogP contribution in [0.25, 0.3) is 11.1 Å². The molecule has 0 spiro atoms. The molecule has 0 aliphatic carbocycles. The molecule has 0 saturated carbocycles. The summed E-state index contributed by atoms with van der Waals surface area (Å²) >= 11 is 0. The van der Waals surface area contributed by atoms with Gasteiger partial charge in [0, 0.05) is 0 Å². The van der Waals surface area contributed by atoms with Crippen LogP contribution in [0.4, 0.5) is 0 Å². The second kappa shape index (κ2) is 9.77. The molecule has 2 aromatic carbocycles. The minimum atomic E-state index is 0. The quantitative estimate of drug-likeness (QED) is 0.434. The van der Waals surface area contributed by atoms with Crippen molar-refractivity contribution in [3.8, 4) is 34.1 Å². The summed E-state index contributed by atoms with van der Waals surface area (Å²) in [5.41, 5.74) is 1.67. The monoisotopic (exact) mass is 286 g/mol. The first-order valence-corrected chi connectivity index (χ1v) is 6.01. The minimum absolute atomic E-state index is 0. The second-order valence-corrected chi connectivity index (χ2v) is 3.97. The van der Waals surface area contributed by atoms with E-state index in [1.807, 2.05) is 12.1 Å². The fourth-order valence-corrected chi connectivity index (χ4v) is 1.87. The first-order valence-electron chi connectivity index (χ1n) is 6.01. The topological polar surface area (TPSA) is 36.9 Å². The van der Waals surface area contributed by atoms with Crippen molar-refractivity contribution in [1.29, 1.82) is 0 Å². The van der Waals surface area contributed by atoms with E-state index in [-0.39, 0.29) is 37.7 Å². The Bertz CT molecular complexity index is 549. The second-order valence-electron chi connectivity index (χ2n) is 3.97. The summed E-state index contributed by atoms with van der Waals surface area (Å²) in [5.74, 6) is 2.56. The number of hydrogen-bond acceptors (Lipinski definition) is 4. The van der Waals surface area contributed by atoms with Crippen molar-refractivity contribution in [2.75, 3.05) is 28.4 Å². The third-order valence-electron chi connectivity index (χ3n) is 2.92. The van der Waals surface area contributed by atoms with Crippen LogP contribution in [-0.4, -0.2) is 28.4 Å². The van der Waals surface area contributed by atoms with Gasteiger partial charge in [-0.15, -0.1) is 24.3 Å². The molecule has 0 radical (unpaired) electrons. The minimum Gasteiger partial charge on any atom is -0.536 e. The molecule has 22 heavy (non-hydrogen) atoms. The summed E-state index contributed by atoms with van der Waals surface area (Å²) in [5, 5.41) is 0. The molecule has 2 aromatic rings. The smallest absolute Gasteiger partial charge is 0.536 e. The van der Waals surface area contributed by atoms with Gasteiger partial charge < -0.3 is 18.9 Å². The van der Waals surface area contributed by atoms with E-state index in [0.29, 0.717) is 23.0 Å². The van der Waals surface area contributed by atoms with Crippen molar-refractivity contribution in [1.82, 2.24) is 0 Å². The van der Waals surface area contributed by atoms with Gasteiger partial charge in [0.2, 0.25) is 0 Å². The molecule has 106 valence electrons. The Morgan fingerprint density at radius 2 is 0.909 bits per heavy atom. The van der Waals surface area contributed by atoms with Gasteiger partial charge in [-0.3, -0.25) is 0 Å². The van der Waals surface area contributed by atoms with E-state index in [0.717, 1.165) is 11.1 Å². The molecule has 0 atom stereocenters. The van der Waals surface area contributed by atoms with Gasteiger partial charge in [-0.2, -0.15) is 12.1 Å². The Morgan fingerprint density at radius 3 is 1.18 bits per heavy atom. The summed E-state index contributed by atoms with van der Waals surface area (Å²) in [4.78, 5) is 0. The zero-order valence-electron chi connectivity index (χ0n) is 13.9.